The van der Waals surface area contributed by atoms with Crippen molar-refractivity contribution in [2.75, 3.05) is 26.1 Å². The lowest BCUT2D eigenvalue weighted by atomic mass is 10.1. The van der Waals surface area contributed by atoms with Gasteiger partial charge in [-0.1, -0.05) is 19.0 Å². The molecule has 7 heteroatoms. The van der Waals surface area contributed by atoms with Gasteiger partial charge in [-0.2, -0.15) is 0 Å². The third-order valence-electron chi connectivity index (χ3n) is 4.57. The van der Waals surface area contributed by atoms with Crippen LogP contribution in [0.2, 0.25) is 0 Å². The van der Waals surface area contributed by atoms with E-state index in [0.717, 1.165) is 24.3 Å². The van der Waals surface area contributed by atoms with Crippen LogP contribution in [-0.4, -0.2) is 36.9 Å². The monoisotopic (exact) mass is 359 g/mol. The third kappa shape index (κ3) is 3.76. The van der Waals surface area contributed by atoms with Crippen LogP contribution in [0.25, 0.3) is 0 Å². The number of hydrogen-bond donors (Lipinski definition) is 1. The van der Waals surface area contributed by atoms with E-state index in [1.807, 2.05) is 6.07 Å². The maximum atomic E-state index is 12.8. The molecular weight excluding hydrogens is 334 g/mol. The van der Waals surface area contributed by atoms with Gasteiger partial charge in [0.15, 0.2) is 0 Å². The summed E-state index contributed by atoms with van der Waals surface area (Å²) in [4.78, 5) is 14.6. The molecule has 0 spiro atoms. The zero-order valence-corrected chi connectivity index (χ0v) is 15.6. The number of nitrogens with one attached hydrogen (secondary N) is 1. The molecule has 140 valence electrons. The average molecular weight is 359 g/mol. The van der Waals surface area contributed by atoms with E-state index >= 15 is 0 Å². The summed E-state index contributed by atoms with van der Waals surface area (Å²) in [6.45, 7) is 4.79. The van der Waals surface area contributed by atoms with E-state index in [0.29, 0.717) is 23.7 Å². The van der Waals surface area contributed by atoms with Gasteiger partial charge in [-0.15, -0.1) is 0 Å². The van der Waals surface area contributed by atoms with Crippen molar-refractivity contribution in [2.45, 2.75) is 38.6 Å². The van der Waals surface area contributed by atoms with Crippen LogP contribution in [0.1, 0.15) is 50.1 Å². The van der Waals surface area contributed by atoms with Crippen molar-refractivity contribution in [3.05, 3.63) is 35.7 Å². The summed E-state index contributed by atoms with van der Waals surface area (Å²) >= 11 is 0. The van der Waals surface area contributed by atoms with E-state index in [1.165, 1.54) is 0 Å². The lowest BCUT2D eigenvalue weighted by molar-refractivity contribution is 0.204. The fourth-order valence-electron chi connectivity index (χ4n) is 3.13. The molecule has 1 unspecified atom stereocenters. The van der Waals surface area contributed by atoms with Crippen LogP contribution in [0.15, 0.2) is 28.8 Å². The molecule has 1 N–H and O–H groups in total. The van der Waals surface area contributed by atoms with Crippen LogP contribution in [0.5, 0.6) is 11.5 Å². The Morgan fingerprint density at radius 1 is 1.23 bits per heavy atom. The molecule has 1 aromatic heterocycles. The zero-order chi connectivity index (χ0) is 18.7. The fraction of sp³-hybridized carbons (Fsp3) is 0.474. The van der Waals surface area contributed by atoms with Gasteiger partial charge in [-0.3, -0.25) is 0 Å². The first kappa shape index (κ1) is 18.1. The molecule has 1 aromatic carbocycles. The quantitative estimate of drug-likeness (QED) is 0.866. The van der Waals surface area contributed by atoms with Gasteiger partial charge >= 0.3 is 6.03 Å². The second kappa shape index (κ2) is 7.68. The summed E-state index contributed by atoms with van der Waals surface area (Å²) in [5, 5.41) is 7.11. The summed E-state index contributed by atoms with van der Waals surface area (Å²) in [6.07, 6.45) is 1.81. The Hall–Kier alpha value is -2.70. The number of aromatic nitrogens is 1. The van der Waals surface area contributed by atoms with Gasteiger partial charge in [0.25, 0.3) is 0 Å². The zero-order valence-electron chi connectivity index (χ0n) is 15.6. The molecule has 1 fully saturated rings. The number of hydrogen-bond acceptors (Lipinski definition) is 5. The molecule has 2 amide bonds. The van der Waals surface area contributed by atoms with E-state index in [9.17, 15) is 4.79 Å². The average Bonchev–Trinajstić information content (AvgIpc) is 3.30. The second-order valence-corrected chi connectivity index (χ2v) is 6.69. The van der Waals surface area contributed by atoms with Gasteiger partial charge < -0.3 is 24.2 Å². The highest BCUT2D eigenvalue weighted by Crippen LogP contribution is 2.33. The number of nitrogens with zero attached hydrogens (tertiary/aromatic N) is 2. The van der Waals surface area contributed by atoms with Crippen molar-refractivity contribution in [1.82, 2.24) is 10.1 Å². The number of amides is 2. The van der Waals surface area contributed by atoms with Gasteiger partial charge in [0, 0.05) is 42.4 Å². The minimum Gasteiger partial charge on any atom is -0.497 e. The van der Waals surface area contributed by atoms with E-state index in [1.54, 1.807) is 37.3 Å². The maximum absolute atomic E-state index is 12.8. The highest BCUT2D eigenvalue weighted by Gasteiger charge is 2.32. The highest BCUT2D eigenvalue weighted by molar-refractivity contribution is 5.90. The summed E-state index contributed by atoms with van der Waals surface area (Å²) in [6, 6.07) is 7.00. The lowest BCUT2D eigenvalue weighted by Crippen LogP contribution is -2.34. The number of carbonyl (C=O) groups excluding carboxylic acids is 1. The molecule has 1 saturated heterocycles. The molecule has 3 rings (SSSR count). The predicted molar refractivity (Wildman–Crippen MR) is 97.8 cm³/mol. The number of carbonyl (C=O) groups is 1. The molecule has 1 atom stereocenters. The molecule has 0 bridgehead atoms. The molecule has 2 aromatic rings. The Bertz CT molecular complexity index is 750. The number of likely N-dealkylation sites (tertiary alicyclic amines) is 1. The van der Waals surface area contributed by atoms with Crippen molar-refractivity contribution in [3.63, 3.8) is 0 Å². The maximum Gasteiger partial charge on any atom is 0.322 e. The van der Waals surface area contributed by atoms with Crippen molar-refractivity contribution in [1.29, 1.82) is 0 Å². The molecule has 2 heterocycles. The summed E-state index contributed by atoms with van der Waals surface area (Å²) < 4.78 is 15.9. The smallest absolute Gasteiger partial charge is 0.322 e. The highest BCUT2D eigenvalue weighted by atomic mass is 16.5. The van der Waals surface area contributed by atoms with Crippen LogP contribution in [0.3, 0.4) is 0 Å². The first-order chi connectivity index (χ1) is 12.5. The molecule has 7 nitrogen and oxygen atoms in total. The van der Waals surface area contributed by atoms with E-state index in [2.05, 4.69) is 24.3 Å². The number of methoxy groups -OCH3 is 2. The molecule has 0 aliphatic carbocycles. The van der Waals surface area contributed by atoms with Crippen LogP contribution >= 0.6 is 0 Å². The van der Waals surface area contributed by atoms with Crippen molar-refractivity contribution in [3.8, 4) is 11.5 Å². The Labute approximate surface area is 153 Å². The Morgan fingerprint density at radius 3 is 2.50 bits per heavy atom. The summed E-state index contributed by atoms with van der Waals surface area (Å²) in [7, 11) is 3.15. The number of anilines is 1. The number of benzene rings is 1. The van der Waals surface area contributed by atoms with Crippen LogP contribution in [0, 0.1) is 0 Å². The minimum atomic E-state index is -0.170. The molecule has 0 saturated carbocycles. The largest absolute Gasteiger partial charge is 0.497 e. The standard InChI is InChI=1S/C19H25N3O4/c1-12(2)18-11-16(21-26-18)17-6-5-7-22(17)19(23)20-13-8-14(24-3)10-15(9-13)25-4/h8-12,17H,5-7H2,1-4H3,(H,20,23). The van der Waals surface area contributed by atoms with Gasteiger partial charge in [0.05, 0.1) is 20.3 Å². The van der Waals surface area contributed by atoms with Gasteiger partial charge in [0.2, 0.25) is 0 Å². The van der Waals surface area contributed by atoms with E-state index in [4.69, 9.17) is 14.0 Å². The van der Waals surface area contributed by atoms with Crippen LogP contribution < -0.4 is 14.8 Å². The normalized spacial score (nSPS) is 16.8. The lowest BCUT2D eigenvalue weighted by Gasteiger charge is -2.23. The number of ether oxygens (including phenoxy) is 2. The minimum absolute atomic E-state index is 0.0706. The van der Waals surface area contributed by atoms with Crippen molar-refractivity contribution in [2.24, 2.45) is 0 Å². The number of urea groups is 1. The molecule has 26 heavy (non-hydrogen) atoms. The summed E-state index contributed by atoms with van der Waals surface area (Å²) in [5.41, 5.74) is 1.43. The first-order valence-corrected chi connectivity index (χ1v) is 8.79. The van der Waals surface area contributed by atoms with Crippen LogP contribution in [0.4, 0.5) is 10.5 Å². The molecule has 1 aliphatic heterocycles. The van der Waals surface area contributed by atoms with Gasteiger partial charge in [0.1, 0.15) is 23.0 Å². The van der Waals surface area contributed by atoms with Gasteiger partial charge in [-0.05, 0) is 12.8 Å². The van der Waals surface area contributed by atoms with E-state index in [-0.39, 0.29) is 18.0 Å². The Morgan fingerprint density at radius 2 is 1.92 bits per heavy atom. The number of rotatable bonds is 5. The van der Waals surface area contributed by atoms with E-state index < -0.39 is 0 Å². The third-order valence-corrected chi connectivity index (χ3v) is 4.57. The fourth-order valence-corrected chi connectivity index (χ4v) is 3.13. The summed E-state index contributed by atoms with van der Waals surface area (Å²) in [5.74, 6) is 2.35. The molecule has 0 radical (unpaired) electrons. The van der Waals surface area contributed by atoms with Crippen molar-refractivity contribution >= 4 is 11.7 Å². The second-order valence-electron chi connectivity index (χ2n) is 6.69. The predicted octanol–water partition coefficient (Wildman–Crippen LogP) is 4.18. The molecule has 1 aliphatic rings. The Balaban J connectivity index is 1.76. The Kier molecular flexibility index (Phi) is 5.35. The van der Waals surface area contributed by atoms with Gasteiger partial charge in [-0.25, -0.2) is 4.79 Å². The SMILES string of the molecule is COc1cc(NC(=O)N2CCCC2c2cc(C(C)C)on2)cc(OC)c1. The van der Waals surface area contributed by atoms with Crippen LogP contribution in [-0.2, 0) is 0 Å². The van der Waals surface area contributed by atoms with Crippen molar-refractivity contribution < 1.29 is 18.8 Å². The first-order valence-electron chi connectivity index (χ1n) is 8.79. The topological polar surface area (TPSA) is 76.8 Å². The molecular formula is C19H25N3O4.